The highest BCUT2D eigenvalue weighted by Gasteiger charge is 2.21. The molecule has 0 aromatic carbocycles. The van der Waals surface area contributed by atoms with Crippen LogP contribution in [0, 0.1) is 5.92 Å². The fourth-order valence-corrected chi connectivity index (χ4v) is 1.87. The number of allylic oxidation sites excluding steroid dienone is 2. The van der Waals surface area contributed by atoms with E-state index in [2.05, 4.69) is 20.1 Å². The van der Waals surface area contributed by atoms with E-state index in [1.807, 2.05) is 11.8 Å². The summed E-state index contributed by atoms with van der Waals surface area (Å²) in [6.07, 6.45) is 5.62. The predicted molar refractivity (Wildman–Crippen MR) is 68.1 cm³/mol. The third-order valence-electron chi connectivity index (χ3n) is 2.94. The lowest BCUT2D eigenvalue weighted by Crippen LogP contribution is -2.38. The Morgan fingerprint density at radius 2 is 1.94 bits per heavy atom. The van der Waals surface area contributed by atoms with Crippen LogP contribution in [0.5, 0.6) is 0 Å². The fraction of sp³-hybridized carbons (Fsp3) is 0.500. The first kappa shape index (κ1) is 12.8. The van der Waals surface area contributed by atoms with Crippen molar-refractivity contribution >= 4 is 5.91 Å². The molecule has 1 saturated heterocycles. The molecule has 0 aromatic heterocycles. The lowest BCUT2D eigenvalue weighted by molar-refractivity contribution is -0.128. The summed E-state index contributed by atoms with van der Waals surface area (Å²) in [5.41, 5.74) is 1.54. The van der Waals surface area contributed by atoms with Crippen LogP contribution in [0.15, 0.2) is 36.5 Å². The molecular weight excluding hydrogens is 198 g/mol. The van der Waals surface area contributed by atoms with Gasteiger partial charge >= 0.3 is 0 Å². The summed E-state index contributed by atoms with van der Waals surface area (Å²) in [5, 5.41) is 0. The molecule has 0 unspecified atom stereocenters. The molecule has 0 aromatic rings. The molecule has 0 spiro atoms. The van der Waals surface area contributed by atoms with Crippen LogP contribution >= 0.6 is 0 Å². The molecule has 1 amide bonds. The van der Waals surface area contributed by atoms with Crippen molar-refractivity contribution in [2.75, 3.05) is 13.1 Å². The van der Waals surface area contributed by atoms with Gasteiger partial charge in [0.05, 0.1) is 0 Å². The molecule has 1 aliphatic heterocycles. The Labute approximate surface area is 98.3 Å². The first-order valence-electron chi connectivity index (χ1n) is 5.83. The summed E-state index contributed by atoms with van der Waals surface area (Å²) in [6.45, 7) is 13.3. The number of hydrogen-bond acceptors (Lipinski definition) is 1. The summed E-state index contributed by atoms with van der Waals surface area (Å²) in [7, 11) is 0. The van der Waals surface area contributed by atoms with Gasteiger partial charge in [0.1, 0.15) is 0 Å². The second-order valence-corrected chi connectivity index (χ2v) is 4.62. The standard InChI is InChI=1S/C14H21NO/c1-5-13(10-11(2)3)14(16)15-8-6-12(4)7-9-15/h5,10,12H,1-2,6-9H2,3-4H3/b13-10+. The highest BCUT2D eigenvalue weighted by atomic mass is 16.2. The van der Waals surface area contributed by atoms with Crippen molar-refractivity contribution in [3.8, 4) is 0 Å². The molecule has 0 aliphatic carbocycles. The van der Waals surface area contributed by atoms with Gasteiger partial charge in [-0.25, -0.2) is 0 Å². The molecular formula is C14H21NO. The minimum Gasteiger partial charge on any atom is -0.339 e. The lowest BCUT2D eigenvalue weighted by Gasteiger charge is -2.30. The summed E-state index contributed by atoms with van der Waals surface area (Å²) in [4.78, 5) is 14.0. The van der Waals surface area contributed by atoms with E-state index in [-0.39, 0.29) is 5.91 Å². The SMILES string of the molecule is C=C/C(=C\C(=C)C)C(=O)N1CCC(C)CC1. The van der Waals surface area contributed by atoms with Crippen LogP contribution in [0.1, 0.15) is 26.7 Å². The Morgan fingerprint density at radius 3 is 2.38 bits per heavy atom. The zero-order valence-electron chi connectivity index (χ0n) is 10.3. The molecule has 1 rings (SSSR count). The normalized spacial score (nSPS) is 18.4. The number of rotatable bonds is 3. The smallest absolute Gasteiger partial charge is 0.253 e. The van der Waals surface area contributed by atoms with Crippen LogP contribution in [0.3, 0.4) is 0 Å². The maximum absolute atomic E-state index is 12.1. The number of carbonyl (C=O) groups excluding carboxylic acids is 1. The molecule has 0 bridgehead atoms. The number of piperidine rings is 1. The molecule has 2 nitrogen and oxygen atoms in total. The summed E-state index contributed by atoms with van der Waals surface area (Å²) < 4.78 is 0. The summed E-state index contributed by atoms with van der Waals surface area (Å²) in [5.74, 6) is 0.825. The molecule has 16 heavy (non-hydrogen) atoms. The van der Waals surface area contributed by atoms with Gasteiger partial charge in [-0.05, 0) is 31.8 Å². The highest BCUT2D eigenvalue weighted by molar-refractivity contribution is 5.96. The minimum absolute atomic E-state index is 0.0879. The first-order valence-corrected chi connectivity index (χ1v) is 5.83. The number of hydrogen-bond donors (Lipinski definition) is 0. The maximum Gasteiger partial charge on any atom is 0.253 e. The molecule has 0 atom stereocenters. The lowest BCUT2D eigenvalue weighted by atomic mass is 9.98. The predicted octanol–water partition coefficient (Wildman–Crippen LogP) is 2.93. The van der Waals surface area contributed by atoms with Gasteiger partial charge in [0.15, 0.2) is 0 Å². The van der Waals surface area contributed by atoms with E-state index in [1.54, 1.807) is 12.2 Å². The molecule has 2 heteroatoms. The molecule has 1 heterocycles. The van der Waals surface area contributed by atoms with Gasteiger partial charge < -0.3 is 4.90 Å². The number of carbonyl (C=O) groups is 1. The van der Waals surface area contributed by atoms with E-state index < -0.39 is 0 Å². The molecule has 0 radical (unpaired) electrons. The van der Waals surface area contributed by atoms with Crippen LogP contribution in [-0.4, -0.2) is 23.9 Å². The maximum atomic E-state index is 12.1. The van der Waals surface area contributed by atoms with Crippen molar-refractivity contribution in [1.82, 2.24) is 4.90 Å². The van der Waals surface area contributed by atoms with Crippen LogP contribution < -0.4 is 0 Å². The van der Waals surface area contributed by atoms with E-state index in [0.29, 0.717) is 5.57 Å². The number of likely N-dealkylation sites (tertiary alicyclic amines) is 1. The molecule has 0 saturated carbocycles. The van der Waals surface area contributed by atoms with E-state index >= 15 is 0 Å². The van der Waals surface area contributed by atoms with Crippen molar-refractivity contribution in [3.05, 3.63) is 36.5 Å². The van der Waals surface area contributed by atoms with Gasteiger partial charge in [-0.15, -0.1) is 0 Å². The Kier molecular flexibility index (Phi) is 4.53. The number of amides is 1. The van der Waals surface area contributed by atoms with Crippen LogP contribution in [-0.2, 0) is 4.79 Å². The average molecular weight is 219 g/mol. The highest BCUT2D eigenvalue weighted by Crippen LogP contribution is 2.18. The number of nitrogens with zero attached hydrogens (tertiary/aromatic N) is 1. The van der Waals surface area contributed by atoms with Gasteiger partial charge in [0.25, 0.3) is 5.91 Å². The Hall–Kier alpha value is -1.31. The first-order chi connectivity index (χ1) is 7.54. The van der Waals surface area contributed by atoms with E-state index in [4.69, 9.17) is 0 Å². The largest absolute Gasteiger partial charge is 0.339 e. The third-order valence-corrected chi connectivity index (χ3v) is 2.94. The van der Waals surface area contributed by atoms with Crippen LogP contribution in [0.4, 0.5) is 0 Å². The summed E-state index contributed by atoms with van der Waals surface area (Å²) >= 11 is 0. The Balaban J connectivity index is 2.69. The van der Waals surface area contributed by atoms with Crippen LogP contribution in [0.2, 0.25) is 0 Å². The Morgan fingerprint density at radius 1 is 1.38 bits per heavy atom. The van der Waals surface area contributed by atoms with Crippen molar-refractivity contribution in [1.29, 1.82) is 0 Å². The Bertz CT molecular complexity index is 320. The zero-order chi connectivity index (χ0) is 12.1. The monoisotopic (exact) mass is 219 g/mol. The van der Waals surface area contributed by atoms with Gasteiger partial charge in [-0.3, -0.25) is 4.79 Å². The molecule has 0 N–H and O–H groups in total. The van der Waals surface area contributed by atoms with Gasteiger partial charge in [0.2, 0.25) is 0 Å². The zero-order valence-corrected chi connectivity index (χ0v) is 10.3. The molecule has 1 aliphatic rings. The van der Waals surface area contributed by atoms with Crippen molar-refractivity contribution in [3.63, 3.8) is 0 Å². The van der Waals surface area contributed by atoms with Crippen LogP contribution in [0.25, 0.3) is 0 Å². The average Bonchev–Trinajstić information content (AvgIpc) is 2.25. The van der Waals surface area contributed by atoms with Crippen molar-refractivity contribution in [2.24, 2.45) is 5.92 Å². The van der Waals surface area contributed by atoms with Gasteiger partial charge in [-0.1, -0.05) is 31.7 Å². The topological polar surface area (TPSA) is 20.3 Å². The molecule has 88 valence electrons. The second-order valence-electron chi connectivity index (χ2n) is 4.62. The van der Waals surface area contributed by atoms with E-state index in [1.165, 1.54) is 0 Å². The quantitative estimate of drug-likeness (QED) is 0.528. The van der Waals surface area contributed by atoms with E-state index in [9.17, 15) is 4.79 Å². The fourth-order valence-electron chi connectivity index (χ4n) is 1.87. The van der Waals surface area contributed by atoms with E-state index in [0.717, 1.165) is 37.4 Å². The second kappa shape index (κ2) is 5.69. The van der Waals surface area contributed by atoms with Crippen molar-refractivity contribution in [2.45, 2.75) is 26.7 Å². The molecule has 1 fully saturated rings. The summed E-state index contributed by atoms with van der Waals surface area (Å²) in [6, 6.07) is 0. The minimum atomic E-state index is 0.0879. The third kappa shape index (κ3) is 3.37. The van der Waals surface area contributed by atoms with Gasteiger partial charge in [0, 0.05) is 18.7 Å². The van der Waals surface area contributed by atoms with Gasteiger partial charge in [-0.2, -0.15) is 0 Å². The van der Waals surface area contributed by atoms with Crippen molar-refractivity contribution < 1.29 is 4.79 Å².